The summed E-state index contributed by atoms with van der Waals surface area (Å²) in [5, 5.41) is 19.5. The van der Waals surface area contributed by atoms with Crippen molar-refractivity contribution in [1.82, 2.24) is 0 Å². The predicted octanol–water partition coefficient (Wildman–Crippen LogP) is 7.94. The van der Waals surface area contributed by atoms with E-state index < -0.39 is 12.2 Å². The number of allylic oxidation sites excluding steroid dienone is 1. The first-order valence-electron chi connectivity index (χ1n) is 13.5. The number of benzene rings is 5. The molecular formula is C34H31N3O4. The van der Waals surface area contributed by atoms with Gasteiger partial charge in [-0.25, -0.2) is 4.79 Å². The molecule has 1 atom stereocenters. The largest absolute Gasteiger partial charge is 0.507 e. The quantitative estimate of drug-likeness (QED) is 0.0853. The van der Waals surface area contributed by atoms with Gasteiger partial charge in [-0.05, 0) is 60.4 Å². The number of phenols is 1. The van der Waals surface area contributed by atoms with Gasteiger partial charge in [0.2, 0.25) is 5.91 Å². The summed E-state index contributed by atoms with van der Waals surface area (Å²) in [7, 11) is 0. The average molecular weight is 546 g/mol. The van der Waals surface area contributed by atoms with Gasteiger partial charge in [-0.2, -0.15) is 0 Å². The second-order valence-electron chi connectivity index (χ2n) is 9.67. The van der Waals surface area contributed by atoms with Crippen LogP contribution in [0.5, 0.6) is 5.75 Å². The van der Waals surface area contributed by atoms with Crippen LogP contribution in [0, 0.1) is 0 Å². The highest BCUT2D eigenvalue weighted by molar-refractivity contribution is 6.01. The molecule has 5 aromatic rings. The molecule has 0 aliphatic rings. The maximum absolute atomic E-state index is 13.2. The Balaban J connectivity index is 1.30. The number of rotatable bonds is 9. The molecule has 5 N–H and O–H groups in total. The Morgan fingerprint density at radius 1 is 0.780 bits per heavy atom. The van der Waals surface area contributed by atoms with Crippen LogP contribution in [-0.2, 0) is 9.53 Å². The summed E-state index contributed by atoms with van der Waals surface area (Å²) in [6.45, 7) is 0. The summed E-state index contributed by atoms with van der Waals surface area (Å²) >= 11 is 0. The molecule has 0 aromatic heterocycles. The SMILES string of the molecule is Nc1ccccc1NC(=O)/C=C/CCC[C@H](OC(=O)Nc1cccc2ccccc12)c1ccc(O)c2ccccc12. The maximum Gasteiger partial charge on any atom is 0.412 e. The van der Waals surface area contributed by atoms with Crippen molar-refractivity contribution in [1.29, 1.82) is 0 Å². The Morgan fingerprint density at radius 3 is 2.29 bits per heavy atom. The molecule has 0 spiro atoms. The molecule has 2 amide bonds. The highest BCUT2D eigenvalue weighted by Crippen LogP contribution is 2.35. The highest BCUT2D eigenvalue weighted by Gasteiger charge is 2.20. The second kappa shape index (κ2) is 12.7. The molecular weight excluding hydrogens is 514 g/mol. The van der Waals surface area contributed by atoms with E-state index >= 15 is 0 Å². The third-order valence-corrected chi connectivity index (χ3v) is 6.88. The van der Waals surface area contributed by atoms with Crippen LogP contribution in [0.4, 0.5) is 21.9 Å². The summed E-state index contributed by atoms with van der Waals surface area (Å²) in [4.78, 5) is 25.5. The van der Waals surface area contributed by atoms with Gasteiger partial charge in [0.25, 0.3) is 0 Å². The molecule has 0 heterocycles. The van der Waals surface area contributed by atoms with Gasteiger partial charge in [0.15, 0.2) is 0 Å². The monoisotopic (exact) mass is 545 g/mol. The lowest BCUT2D eigenvalue weighted by molar-refractivity contribution is -0.111. The van der Waals surface area contributed by atoms with Gasteiger partial charge in [-0.15, -0.1) is 0 Å². The van der Waals surface area contributed by atoms with Gasteiger partial charge in [-0.3, -0.25) is 10.1 Å². The third-order valence-electron chi connectivity index (χ3n) is 6.88. The van der Waals surface area contributed by atoms with Crippen LogP contribution in [0.1, 0.15) is 30.9 Å². The molecule has 41 heavy (non-hydrogen) atoms. The molecule has 0 bridgehead atoms. The Hall–Kier alpha value is -5.30. The minimum Gasteiger partial charge on any atom is -0.507 e. The number of phenolic OH excluding ortho intramolecular Hbond substituents is 1. The zero-order chi connectivity index (χ0) is 28.6. The van der Waals surface area contributed by atoms with E-state index in [1.54, 1.807) is 42.5 Å². The average Bonchev–Trinajstić information content (AvgIpc) is 2.98. The number of carbonyl (C=O) groups excluding carboxylic acids is 2. The lowest BCUT2D eigenvalue weighted by atomic mass is 9.96. The van der Waals surface area contributed by atoms with E-state index in [2.05, 4.69) is 10.6 Å². The molecule has 7 nitrogen and oxygen atoms in total. The Labute approximate surface area is 238 Å². The minimum absolute atomic E-state index is 0.163. The fourth-order valence-electron chi connectivity index (χ4n) is 4.86. The first-order chi connectivity index (χ1) is 20.0. The van der Waals surface area contributed by atoms with Crippen molar-refractivity contribution < 1.29 is 19.4 Å². The van der Waals surface area contributed by atoms with Crippen LogP contribution in [0.25, 0.3) is 21.5 Å². The van der Waals surface area contributed by atoms with E-state index in [9.17, 15) is 14.7 Å². The van der Waals surface area contributed by atoms with Gasteiger partial charge < -0.3 is 20.9 Å². The van der Waals surface area contributed by atoms with E-state index in [0.717, 1.165) is 21.7 Å². The van der Waals surface area contributed by atoms with Gasteiger partial charge in [0.1, 0.15) is 11.9 Å². The molecule has 0 radical (unpaired) electrons. The molecule has 206 valence electrons. The number of anilines is 3. The van der Waals surface area contributed by atoms with Crippen molar-refractivity contribution in [3.05, 3.63) is 121 Å². The number of unbranched alkanes of at least 4 members (excludes halogenated alkanes) is 1. The van der Waals surface area contributed by atoms with Crippen molar-refractivity contribution in [3.63, 3.8) is 0 Å². The van der Waals surface area contributed by atoms with Crippen LogP contribution in [0.15, 0.2) is 115 Å². The summed E-state index contributed by atoms with van der Waals surface area (Å²) < 4.78 is 6.01. The van der Waals surface area contributed by atoms with E-state index in [4.69, 9.17) is 10.5 Å². The number of hydrogen-bond acceptors (Lipinski definition) is 5. The Morgan fingerprint density at radius 2 is 1.46 bits per heavy atom. The van der Waals surface area contributed by atoms with Crippen molar-refractivity contribution in [3.8, 4) is 5.75 Å². The highest BCUT2D eigenvalue weighted by atomic mass is 16.6. The van der Waals surface area contributed by atoms with E-state index in [-0.39, 0.29) is 11.7 Å². The molecule has 0 fully saturated rings. The van der Waals surface area contributed by atoms with E-state index in [1.165, 1.54) is 6.08 Å². The normalized spacial score (nSPS) is 11.9. The lowest BCUT2D eigenvalue weighted by Gasteiger charge is -2.21. The summed E-state index contributed by atoms with van der Waals surface area (Å²) in [5.41, 5.74) is 8.42. The van der Waals surface area contributed by atoms with Crippen LogP contribution in [-0.4, -0.2) is 17.1 Å². The van der Waals surface area contributed by atoms with Crippen molar-refractivity contribution >= 4 is 50.6 Å². The van der Waals surface area contributed by atoms with E-state index in [1.807, 2.05) is 66.7 Å². The number of amides is 2. The van der Waals surface area contributed by atoms with Crippen molar-refractivity contribution in [2.24, 2.45) is 0 Å². The molecule has 0 aliphatic heterocycles. The first-order valence-corrected chi connectivity index (χ1v) is 13.5. The predicted molar refractivity (Wildman–Crippen MR) is 165 cm³/mol. The minimum atomic E-state index is -0.582. The van der Waals surface area contributed by atoms with Crippen LogP contribution < -0.4 is 16.4 Å². The number of nitrogen functional groups attached to an aromatic ring is 1. The Bertz CT molecular complexity index is 1730. The molecule has 7 heteroatoms. The van der Waals surface area contributed by atoms with Crippen molar-refractivity contribution in [2.45, 2.75) is 25.4 Å². The summed E-state index contributed by atoms with van der Waals surface area (Å²) in [6, 6.07) is 31.5. The van der Waals surface area contributed by atoms with Crippen LogP contribution >= 0.6 is 0 Å². The third kappa shape index (κ3) is 6.65. The molecule has 0 saturated carbocycles. The van der Waals surface area contributed by atoms with Gasteiger partial charge in [-0.1, -0.05) is 84.9 Å². The number of hydrogen-bond donors (Lipinski definition) is 4. The maximum atomic E-state index is 13.2. The molecule has 0 aliphatic carbocycles. The number of aromatic hydroxyl groups is 1. The van der Waals surface area contributed by atoms with E-state index in [0.29, 0.717) is 41.7 Å². The summed E-state index contributed by atoms with van der Waals surface area (Å²) in [5.74, 6) is -0.106. The number of carbonyl (C=O) groups is 2. The first kappa shape index (κ1) is 27.3. The number of nitrogens with two attached hydrogens (primary N) is 1. The van der Waals surface area contributed by atoms with Crippen molar-refractivity contribution in [2.75, 3.05) is 16.4 Å². The zero-order valence-corrected chi connectivity index (χ0v) is 22.4. The number of ether oxygens (including phenoxy) is 1. The molecule has 0 saturated heterocycles. The Kier molecular flexibility index (Phi) is 8.45. The lowest BCUT2D eigenvalue weighted by Crippen LogP contribution is -2.18. The molecule has 0 unspecified atom stereocenters. The fourth-order valence-corrected chi connectivity index (χ4v) is 4.86. The molecule has 5 aromatic carbocycles. The molecule has 5 rings (SSSR count). The number of para-hydroxylation sites is 2. The van der Waals surface area contributed by atoms with Crippen LogP contribution in [0.3, 0.4) is 0 Å². The van der Waals surface area contributed by atoms with Gasteiger partial charge in [0.05, 0.1) is 17.1 Å². The number of nitrogens with one attached hydrogen (secondary N) is 2. The van der Waals surface area contributed by atoms with Crippen LogP contribution in [0.2, 0.25) is 0 Å². The number of fused-ring (bicyclic) bond motifs is 2. The summed E-state index contributed by atoms with van der Waals surface area (Å²) in [6.07, 6.45) is 3.87. The van der Waals surface area contributed by atoms with Gasteiger partial charge in [0, 0.05) is 16.3 Å². The standard InChI is InChI=1S/C34H31N3O4/c35-28-16-8-9-17-30(28)36-33(39)20-3-1-2-19-32(27-21-22-31(38)26-15-7-6-14-25(26)27)41-34(40)37-29-18-10-12-23-11-4-5-13-24(23)29/h3-18,20-22,32,38H,1-2,19,35H2,(H,36,39)(H,37,40)/b20-3+/t32-/m0/s1. The fraction of sp³-hybridized carbons (Fsp3) is 0.118. The van der Waals surface area contributed by atoms with Gasteiger partial charge >= 0.3 is 6.09 Å². The topological polar surface area (TPSA) is 114 Å². The smallest absolute Gasteiger partial charge is 0.412 e. The zero-order valence-electron chi connectivity index (χ0n) is 22.4. The second-order valence-corrected chi connectivity index (χ2v) is 9.67.